The number of amides is 2. The van der Waals surface area contributed by atoms with Gasteiger partial charge < -0.3 is 10.2 Å². The van der Waals surface area contributed by atoms with Crippen LogP contribution in [0.3, 0.4) is 0 Å². The van der Waals surface area contributed by atoms with Crippen LogP contribution in [0.25, 0.3) is 22.2 Å². The highest BCUT2D eigenvalue weighted by Crippen LogP contribution is 2.30. The highest BCUT2D eigenvalue weighted by molar-refractivity contribution is 6.33. The van der Waals surface area contributed by atoms with Gasteiger partial charge >= 0.3 is 0 Å². The summed E-state index contributed by atoms with van der Waals surface area (Å²) in [7, 11) is 1.62. The Morgan fingerprint density at radius 1 is 1.07 bits per heavy atom. The zero-order valence-electron chi connectivity index (χ0n) is 17.0. The van der Waals surface area contributed by atoms with Crippen molar-refractivity contribution < 1.29 is 9.59 Å². The van der Waals surface area contributed by atoms with Gasteiger partial charge in [-0.2, -0.15) is 0 Å². The average Bonchev–Trinajstić information content (AvgIpc) is 2.65. The van der Waals surface area contributed by atoms with E-state index >= 15 is 0 Å². The second-order valence-corrected chi connectivity index (χ2v) is 8.42. The molecule has 0 bridgehead atoms. The average molecular weight is 410 g/mol. The molecule has 1 N–H and O–H groups in total. The van der Waals surface area contributed by atoms with Gasteiger partial charge in [0.05, 0.1) is 23.3 Å². The summed E-state index contributed by atoms with van der Waals surface area (Å²) in [5.74, 6) is -0.459. The Kier molecular flexibility index (Phi) is 5.89. The Balaban J connectivity index is 2.00. The summed E-state index contributed by atoms with van der Waals surface area (Å²) in [6.45, 7) is 5.67. The first kappa shape index (κ1) is 20.8. The molecule has 0 fully saturated rings. The molecule has 0 aliphatic heterocycles. The molecular formula is C23H24ClN3O2. The zero-order valence-corrected chi connectivity index (χ0v) is 17.7. The van der Waals surface area contributed by atoms with Gasteiger partial charge in [-0.05, 0) is 39.0 Å². The molecular weight excluding hydrogens is 386 g/mol. The Morgan fingerprint density at radius 2 is 1.72 bits per heavy atom. The van der Waals surface area contributed by atoms with Crippen molar-refractivity contribution in [2.45, 2.75) is 26.3 Å². The van der Waals surface area contributed by atoms with Crippen molar-refractivity contribution in [1.29, 1.82) is 0 Å². The summed E-state index contributed by atoms with van der Waals surface area (Å²) in [4.78, 5) is 31.6. The number of fused-ring (bicyclic) bond motifs is 1. The van der Waals surface area contributed by atoms with Crippen molar-refractivity contribution in [3.8, 4) is 11.3 Å². The van der Waals surface area contributed by atoms with Gasteiger partial charge in [-0.15, -0.1) is 0 Å². The Bertz CT molecular complexity index is 1070. The van der Waals surface area contributed by atoms with E-state index in [2.05, 4.69) is 10.3 Å². The van der Waals surface area contributed by atoms with Crippen molar-refractivity contribution in [2.75, 3.05) is 13.6 Å². The minimum Gasteiger partial charge on any atom is -0.350 e. The number of aromatic nitrogens is 1. The van der Waals surface area contributed by atoms with E-state index in [-0.39, 0.29) is 23.9 Å². The van der Waals surface area contributed by atoms with Gasteiger partial charge in [-0.3, -0.25) is 9.59 Å². The number of halogens is 1. The minimum absolute atomic E-state index is 0.0336. The highest BCUT2D eigenvalue weighted by atomic mass is 35.5. The third kappa shape index (κ3) is 4.93. The number of hydrogen-bond acceptors (Lipinski definition) is 3. The second-order valence-electron chi connectivity index (χ2n) is 8.01. The number of rotatable bonds is 4. The summed E-state index contributed by atoms with van der Waals surface area (Å²) in [5.41, 5.74) is 2.19. The van der Waals surface area contributed by atoms with Gasteiger partial charge in [0.25, 0.3) is 5.91 Å². The minimum atomic E-state index is -0.360. The maximum Gasteiger partial charge on any atom is 0.254 e. The van der Waals surface area contributed by atoms with Crippen molar-refractivity contribution in [3.63, 3.8) is 0 Å². The van der Waals surface area contributed by atoms with Gasteiger partial charge in [0.1, 0.15) is 0 Å². The summed E-state index contributed by atoms with van der Waals surface area (Å²) in [5, 5.41) is 4.17. The van der Waals surface area contributed by atoms with E-state index in [4.69, 9.17) is 11.6 Å². The van der Waals surface area contributed by atoms with Crippen LogP contribution >= 0.6 is 11.6 Å². The topological polar surface area (TPSA) is 62.3 Å². The number of pyridine rings is 1. The Labute approximate surface area is 175 Å². The van der Waals surface area contributed by atoms with E-state index in [0.717, 1.165) is 10.9 Å². The molecule has 3 aromatic rings. The van der Waals surface area contributed by atoms with E-state index in [9.17, 15) is 9.59 Å². The second kappa shape index (κ2) is 8.21. The zero-order chi connectivity index (χ0) is 21.2. The number of likely N-dealkylation sites (N-methyl/N-ethyl adjacent to an activating group) is 1. The first-order valence-corrected chi connectivity index (χ1v) is 9.75. The lowest BCUT2D eigenvalue weighted by Crippen LogP contribution is -2.46. The lowest BCUT2D eigenvalue weighted by atomic mass is 10.0. The van der Waals surface area contributed by atoms with Crippen LogP contribution < -0.4 is 5.32 Å². The molecule has 3 rings (SSSR count). The molecule has 1 heterocycles. The standard InChI is InChI=1S/C23H24ClN3O2/c1-23(2,3)26-21(28)14-27(4)22(29)17-13-20(16-10-5-7-11-18(16)24)25-19-12-8-6-9-15(17)19/h5-13H,14H2,1-4H3,(H,26,28). The fourth-order valence-electron chi connectivity index (χ4n) is 3.11. The fourth-order valence-corrected chi connectivity index (χ4v) is 3.34. The molecule has 1 aromatic heterocycles. The van der Waals surface area contributed by atoms with E-state index in [1.165, 1.54) is 4.90 Å². The largest absolute Gasteiger partial charge is 0.350 e. The van der Waals surface area contributed by atoms with Crippen LogP contribution in [0.1, 0.15) is 31.1 Å². The molecule has 0 atom stereocenters. The molecule has 0 radical (unpaired) electrons. The molecule has 0 saturated heterocycles. The summed E-state index contributed by atoms with van der Waals surface area (Å²) in [6, 6.07) is 16.6. The number of nitrogens with one attached hydrogen (secondary N) is 1. The molecule has 2 amide bonds. The molecule has 6 heteroatoms. The van der Waals surface area contributed by atoms with Crippen molar-refractivity contribution in [2.24, 2.45) is 0 Å². The monoisotopic (exact) mass is 409 g/mol. The quantitative estimate of drug-likeness (QED) is 0.688. The van der Waals surface area contributed by atoms with E-state index in [1.54, 1.807) is 19.2 Å². The third-order valence-electron chi connectivity index (χ3n) is 4.34. The van der Waals surface area contributed by atoms with Crippen LogP contribution in [0, 0.1) is 0 Å². The van der Waals surface area contributed by atoms with Gasteiger partial charge in [-0.1, -0.05) is 48.0 Å². The molecule has 150 valence electrons. The van der Waals surface area contributed by atoms with Crippen LogP contribution in [-0.4, -0.2) is 40.8 Å². The fraction of sp³-hybridized carbons (Fsp3) is 0.261. The van der Waals surface area contributed by atoms with Crippen molar-refractivity contribution in [3.05, 3.63) is 65.2 Å². The van der Waals surface area contributed by atoms with Gasteiger partial charge in [0.2, 0.25) is 5.91 Å². The molecule has 5 nitrogen and oxygen atoms in total. The summed E-state index contributed by atoms with van der Waals surface area (Å²) in [6.07, 6.45) is 0. The SMILES string of the molecule is CN(CC(=O)NC(C)(C)C)C(=O)c1cc(-c2ccccc2Cl)nc2ccccc12. The molecule has 29 heavy (non-hydrogen) atoms. The van der Waals surface area contributed by atoms with E-state index < -0.39 is 0 Å². The van der Waals surface area contributed by atoms with Crippen LogP contribution in [0.4, 0.5) is 0 Å². The smallest absolute Gasteiger partial charge is 0.254 e. The van der Waals surface area contributed by atoms with Crippen molar-refractivity contribution >= 4 is 34.3 Å². The van der Waals surface area contributed by atoms with Gasteiger partial charge in [0, 0.05) is 28.6 Å². The normalized spacial score (nSPS) is 11.3. The predicted molar refractivity (Wildman–Crippen MR) is 117 cm³/mol. The van der Waals surface area contributed by atoms with Crippen LogP contribution in [0.15, 0.2) is 54.6 Å². The first-order valence-electron chi connectivity index (χ1n) is 9.37. The van der Waals surface area contributed by atoms with E-state index in [0.29, 0.717) is 21.8 Å². The van der Waals surface area contributed by atoms with Gasteiger partial charge in [-0.25, -0.2) is 4.98 Å². The Hall–Kier alpha value is -2.92. The number of carbonyl (C=O) groups excluding carboxylic acids is 2. The highest BCUT2D eigenvalue weighted by Gasteiger charge is 2.21. The molecule has 0 spiro atoms. The number of nitrogens with zero attached hydrogens (tertiary/aromatic N) is 2. The summed E-state index contributed by atoms with van der Waals surface area (Å²) < 4.78 is 0. The van der Waals surface area contributed by atoms with Crippen LogP contribution in [0.5, 0.6) is 0 Å². The number of benzene rings is 2. The first-order chi connectivity index (χ1) is 13.7. The molecule has 0 aliphatic carbocycles. The molecule has 0 unspecified atom stereocenters. The molecule has 0 aliphatic rings. The lowest BCUT2D eigenvalue weighted by molar-refractivity contribution is -0.122. The van der Waals surface area contributed by atoms with Crippen molar-refractivity contribution in [1.82, 2.24) is 15.2 Å². The Morgan fingerprint density at radius 3 is 2.41 bits per heavy atom. The number of para-hydroxylation sites is 1. The molecule has 0 saturated carbocycles. The number of hydrogen-bond donors (Lipinski definition) is 1. The maximum absolute atomic E-state index is 13.2. The van der Waals surface area contributed by atoms with Crippen LogP contribution in [0.2, 0.25) is 5.02 Å². The predicted octanol–water partition coefficient (Wildman–Crippen LogP) is 4.54. The van der Waals surface area contributed by atoms with E-state index in [1.807, 2.05) is 63.2 Å². The third-order valence-corrected chi connectivity index (χ3v) is 4.67. The number of carbonyl (C=O) groups is 2. The maximum atomic E-state index is 13.2. The molecule has 2 aromatic carbocycles. The van der Waals surface area contributed by atoms with Crippen LogP contribution in [-0.2, 0) is 4.79 Å². The van der Waals surface area contributed by atoms with Gasteiger partial charge in [0.15, 0.2) is 0 Å². The lowest BCUT2D eigenvalue weighted by Gasteiger charge is -2.24. The summed E-state index contributed by atoms with van der Waals surface area (Å²) >= 11 is 6.35.